The second-order valence-corrected chi connectivity index (χ2v) is 6.97. The number of amides is 1. The van der Waals surface area contributed by atoms with E-state index in [1.54, 1.807) is 6.20 Å². The Morgan fingerprint density at radius 3 is 2.96 bits per heavy atom. The topological polar surface area (TPSA) is 73.9 Å². The van der Waals surface area contributed by atoms with Crippen LogP contribution in [0.1, 0.15) is 53.1 Å². The molecule has 1 atom stereocenters. The first kappa shape index (κ1) is 18.9. The highest BCUT2D eigenvalue weighted by atomic mass is 35.5. The molecule has 7 heteroatoms. The number of nitrogens with zero attached hydrogens (tertiary/aromatic N) is 3. The fourth-order valence-corrected chi connectivity index (χ4v) is 3.98. The van der Waals surface area contributed by atoms with Gasteiger partial charge in [0, 0.05) is 23.5 Å². The summed E-state index contributed by atoms with van der Waals surface area (Å²) in [6.45, 7) is 2.53. The van der Waals surface area contributed by atoms with Crippen molar-refractivity contribution in [1.82, 2.24) is 25.4 Å². The molecular weight excluding hydrogens is 350 g/mol. The molecule has 0 aromatic carbocycles. The van der Waals surface area contributed by atoms with Crippen molar-refractivity contribution in [2.24, 2.45) is 0 Å². The van der Waals surface area contributed by atoms with Crippen LogP contribution in [0.3, 0.4) is 0 Å². The summed E-state index contributed by atoms with van der Waals surface area (Å²) >= 11 is 0. The summed E-state index contributed by atoms with van der Waals surface area (Å²) in [5.74, 6) is 0.0527. The molecule has 1 aliphatic heterocycles. The number of halogens is 1. The molecule has 2 aromatic rings. The lowest BCUT2D eigenvalue weighted by Gasteiger charge is -2.30. The number of pyridine rings is 1. The third-order valence-corrected chi connectivity index (χ3v) is 5.31. The molecule has 1 amide bonds. The van der Waals surface area contributed by atoms with Gasteiger partial charge in [-0.1, -0.05) is 6.07 Å². The lowest BCUT2D eigenvalue weighted by Crippen LogP contribution is -2.41. The van der Waals surface area contributed by atoms with Gasteiger partial charge in [-0.2, -0.15) is 5.10 Å². The molecule has 1 saturated heterocycles. The van der Waals surface area contributed by atoms with Gasteiger partial charge in [-0.15, -0.1) is 12.4 Å². The van der Waals surface area contributed by atoms with Crippen molar-refractivity contribution in [3.63, 3.8) is 0 Å². The molecule has 0 spiro atoms. The lowest BCUT2D eigenvalue weighted by molar-refractivity contribution is 0.0635. The number of carbonyl (C=O) groups is 1. The molecule has 2 aliphatic rings. The Hall–Kier alpha value is -1.92. The predicted molar refractivity (Wildman–Crippen MR) is 102 cm³/mol. The van der Waals surface area contributed by atoms with Crippen LogP contribution in [-0.2, 0) is 19.4 Å². The minimum absolute atomic E-state index is 0. The number of nitrogens with one attached hydrogen (secondary N) is 2. The Balaban J connectivity index is 0.00000196. The monoisotopic (exact) mass is 375 g/mol. The second-order valence-electron chi connectivity index (χ2n) is 6.97. The van der Waals surface area contributed by atoms with Gasteiger partial charge < -0.3 is 10.2 Å². The number of hydrogen-bond acceptors (Lipinski definition) is 4. The van der Waals surface area contributed by atoms with E-state index in [1.165, 1.54) is 0 Å². The summed E-state index contributed by atoms with van der Waals surface area (Å²) in [6, 6.07) is 6.11. The first-order chi connectivity index (χ1) is 12.3. The Kier molecular flexibility index (Phi) is 6.27. The SMILES string of the molecule is Cl.O=C(c1n[nH]c2c1CCC2)N(Cc1ccccn1)C1CCCNCC1. The molecule has 3 heterocycles. The summed E-state index contributed by atoms with van der Waals surface area (Å²) in [5.41, 5.74) is 3.83. The summed E-state index contributed by atoms with van der Waals surface area (Å²) in [7, 11) is 0. The van der Waals surface area contributed by atoms with E-state index in [4.69, 9.17) is 0 Å². The Bertz CT molecular complexity index is 725. The van der Waals surface area contributed by atoms with Crippen molar-refractivity contribution < 1.29 is 4.79 Å². The van der Waals surface area contributed by atoms with Gasteiger partial charge in [0.1, 0.15) is 0 Å². The number of aryl methyl sites for hydroxylation is 1. The minimum Gasteiger partial charge on any atom is -0.328 e. The molecule has 1 aliphatic carbocycles. The molecule has 2 N–H and O–H groups in total. The van der Waals surface area contributed by atoms with E-state index >= 15 is 0 Å². The third kappa shape index (κ3) is 3.91. The van der Waals surface area contributed by atoms with Crippen LogP contribution in [0.15, 0.2) is 24.4 Å². The maximum absolute atomic E-state index is 13.4. The van der Waals surface area contributed by atoms with Crippen molar-refractivity contribution in [2.75, 3.05) is 13.1 Å². The van der Waals surface area contributed by atoms with Crippen LogP contribution >= 0.6 is 12.4 Å². The van der Waals surface area contributed by atoms with Gasteiger partial charge >= 0.3 is 0 Å². The van der Waals surface area contributed by atoms with E-state index in [0.717, 1.165) is 68.6 Å². The number of aromatic nitrogens is 3. The van der Waals surface area contributed by atoms with Gasteiger partial charge in [0.25, 0.3) is 5.91 Å². The first-order valence-electron chi connectivity index (χ1n) is 9.30. The number of carbonyl (C=O) groups excluding carboxylic acids is 1. The molecule has 0 bridgehead atoms. The van der Waals surface area contributed by atoms with Crippen LogP contribution in [0.25, 0.3) is 0 Å². The number of H-pyrrole nitrogens is 1. The number of aromatic amines is 1. The van der Waals surface area contributed by atoms with Crippen molar-refractivity contribution in [1.29, 1.82) is 0 Å². The lowest BCUT2D eigenvalue weighted by atomic mass is 10.1. The van der Waals surface area contributed by atoms with E-state index in [9.17, 15) is 4.79 Å². The number of rotatable bonds is 4. The predicted octanol–water partition coefficient (Wildman–Crippen LogP) is 2.50. The number of fused-ring (bicyclic) bond motifs is 1. The zero-order chi connectivity index (χ0) is 17.1. The van der Waals surface area contributed by atoms with Crippen LogP contribution < -0.4 is 5.32 Å². The highest BCUT2D eigenvalue weighted by molar-refractivity contribution is 5.94. The standard InChI is InChI=1S/C19H25N5O.ClH/c25-19(18-16-7-3-8-17(16)22-23-18)24(13-14-5-1-2-11-21-14)15-6-4-10-20-12-9-15;/h1-2,5,11,15,20H,3-4,6-10,12-13H2,(H,22,23);1H. The molecule has 140 valence electrons. The van der Waals surface area contributed by atoms with Crippen LogP contribution in [0.5, 0.6) is 0 Å². The third-order valence-electron chi connectivity index (χ3n) is 5.31. The average molecular weight is 376 g/mol. The Morgan fingerprint density at radius 1 is 1.19 bits per heavy atom. The zero-order valence-electron chi connectivity index (χ0n) is 14.9. The normalized spacial score (nSPS) is 19.3. The fourth-order valence-electron chi connectivity index (χ4n) is 3.98. The molecule has 1 fully saturated rings. The molecule has 6 nitrogen and oxygen atoms in total. The van der Waals surface area contributed by atoms with Gasteiger partial charge in [-0.3, -0.25) is 14.9 Å². The van der Waals surface area contributed by atoms with E-state index in [0.29, 0.717) is 12.2 Å². The first-order valence-corrected chi connectivity index (χ1v) is 9.30. The second kappa shape index (κ2) is 8.64. The van der Waals surface area contributed by atoms with E-state index in [1.807, 2.05) is 23.1 Å². The zero-order valence-corrected chi connectivity index (χ0v) is 15.7. The fraction of sp³-hybridized carbons (Fsp3) is 0.526. The Labute approximate surface area is 160 Å². The molecule has 4 rings (SSSR count). The maximum Gasteiger partial charge on any atom is 0.275 e. The molecule has 2 aromatic heterocycles. The van der Waals surface area contributed by atoms with Gasteiger partial charge in [0.05, 0.1) is 12.2 Å². The summed E-state index contributed by atoms with van der Waals surface area (Å²) in [6.07, 6.45) is 7.95. The van der Waals surface area contributed by atoms with E-state index in [2.05, 4.69) is 20.5 Å². The van der Waals surface area contributed by atoms with Crippen LogP contribution in [-0.4, -0.2) is 45.1 Å². The Morgan fingerprint density at radius 2 is 2.12 bits per heavy atom. The molecule has 0 radical (unpaired) electrons. The van der Waals surface area contributed by atoms with Crippen molar-refractivity contribution in [2.45, 2.75) is 51.1 Å². The van der Waals surface area contributed by atoms with Crippen LogP contribution in [0, 0.1) is 0 Å². The van der Waals surface area contributed by atoms with Crippen LogP contribution in [0.4, 0.5) is 0 Å². The summed E-state index contributed by atoms with van der Waals surface area (Å²) in [4.78, 5) is 19.8. The van der Waals surface area contributed by atoms with Crippen LogP contribution in [0.2, 0.25) is 0 Å². The molecule has 26 heavy (non-hydrogen) atoms. The van der Waals surface area contributed by atoms with Gasteiger partial charge in [-0.25, -0.2) is 0 Å². The van der Waals surface area contributed by atoms with Crippen molar-refractivity contribution >= 4 is 18.3 Å². The molecule has 0 saturated carbocycles. The van der Waals surface area contributed by atoms with Gasteiger partial charge in [-0.05, 0) is 63.7 Å². The molecular formula is C19H26ClN5O. The maximum atomic E-state index is 13.4. The summed E-state index contributed by atoms with van der Waals surface area (Å²) < 4.78 is 0. The summed E-state index contributed by atoms with van der Waals surface area (Å²) in [5, 5.41) is 10.9. The highest BCUT2D eigenvalue weighted by Gasteiger charge is 2.31. The molecule has 1 unspecified atom stereocenters. The van der Waals surface area contributed by atoms with E-state index in [-0.39, 0.29) is 24.4 Å². The van der Waals surface area contributed by atoms with Crippen molar-refractivity contribution in [3.05, 3.63) is 47.0 Å². The smallest absolute Gasteiger partial charge is 0.275 e. The van der Waals surface area contributed by atoms with Gasteiger partial charge in [0.2, 0.25) is 0 Å². The average Bonchev–Trinajstić information content (AvgIpc) is 3.15. The van der Waals surface area contributed by atoms with E-state index < -0.39 is 0 Å². The van der Waals surface area contributed by atoms with Gasteiger partial charge in [0.15, 0.2) is 5.69 Å². The largest absolute Gasteiger partial charge is 0.328 e. The number of hydrogen-bond donors (Lipinski definition) is 2. The highest BCUT2D eigenvalue weighted by Crippen LogP contribution is 2.26. The van der Waals surface area contributed by atoms with Crippen molar-refractivity contribution in [3.8, 4) is 0 Å². The minimum atomic E-state index is 0. The quantitative estimate of drug-likeness (QED) is 0.861.